The molecule has 2 aliphatic heterocycles. The minimum Gasteiger partial charge on any atom is -0.377 e. The quantitative estimate of drug-likeness (QED) is 0.780. The monoisotopic (exact) mass is 364 g/mol. The number of fused-ring (bicyclic) bond motifs is 1. The third-order valence-electron chi connectivity index (χ3n) is 5.40. The maximum absolute atomic E-state index is 12.5. The molecule has 0 saturated carbocycles. The van der Waals surface area contributed by atoms with Crippen LogP contribution in [-0.2, 0) is 15.1 Å². The van der Waals surface area contributed by atoms with E-state index in [4.69, 9.17) is 4.74 Å². The molecule has 2 aromatic carbocycles. The van der Waals surface area contributed by atoms with Crippen molar-refractivity contribution in [2.45, 2.75) is 30.6 Å². The van der Waals surface area contributed by atoms with Gasteiger partial charge in [-0.05, 0) is 42.6 Å². The van der Waals surface area contributed by atoms with Crippen molar-refractivity contribution in [3.63, 3.8) is 0 Å². The first-order chi connectivity index (χ1) is 13.1. The Hall–Kier alpha value is -2.47. The summed E-state index contributed by atoms with van der Waals surface area (Å²) in [5, 5.41) is 18.0. The van der Waals surface area contributed by atoms with E-state index >= 15 is 0 Å². The highest BCUT2D eigenvalue weighted by molar-refractivity contribution is 5.99. The number of hydrogen-bond donors (Lipinski definition) is 3. The average Bonchev–Trinajstić information content (AvgIpc) is 3.21. The molecule has 140 valence electrons. The van der Waals surface area contributed by atoms with Crippen molar-refractivity contribution in [2.75, 3.05) is 19.0 Å². The summed E-state index contributed by atoms with van der Waals surface area (Å²) < 4.78 is 5.42. The number of nitrogens with one attached hydrogen (secondary N) is 2. The first-order valence-electron chi connectivity index (χ1n) is 9.30. The van der Waals surface area contributed by atoms with Crippen LogP contribution in [0, 0.1) is 0 Å². The molecular formula is C22H24N2O3. The molecule has 2 aromatic rings. The largest absolute Gasteiger partial charge is 0.377 e. The number of anilines is 1. The molecule has 3 atom stereocenters. The first-order valence-corrected chi connectivity index (χ1v) is 9.30. The van der Waals surface area contributed by atoms with E-state index in [-0.39, 0.29) is 5.91 Å². The van der Waals surface area contributed by atoms with Gasteiger partial charge in [0.15, 0.2) is 11.7 Å². The van der Waals surface area contributed by atoms with Crippen LogP contribution < -0.4 is 10.6 Å². The summed E-state index contributed by atoms with van der Waals surface area (Å²) in [4.78, 5) is 12.5. The van der Waals surface area contributed by atoms with E-state index in [1.807, 2.05) is 48.5 Å². The van der Waals surface area contributed by atoms with Gasteiger partial charge in [0, 0.05) is 24.4 Å². The molecule has 5 heteroatoms. The molecule has 0 aromatic heterocycles. The molecule has 0 bridgehead atoms. The summed E-state index contributed by atoms with van der Waals surface area (Å²) in [6.07, 6.45) is 5.52. The Bertz CT molecular complexity index is 859. The molecule has 2 heterocycles. The van der Waals surface area contributed by atoms with E-state index in [2.05, 4.69) is 22.8 Å². The lowest BCUT2D eigenvalue weighted by Gasteiger charge is -2.40. The van der Waals surface area contributed by atoms with E-state index in [9.17, 15) is 9.90 Å². The first kappa shape index (κ1) is 17.9. The Morgan fingerprint density at radius 1 is 1.22 bits per heavy atom. The van der Waals surface area contributed by atoms with E-state index in [0.29, 0.717) is 22.9 Å². The number of amides is 1. The van der Waals surface area contributed by atoms with Gasteiger partial charge in [0.25, 0.3) is 5.91 Å². The highest BCUT2D eigenvalue weighted by Crippen LogP contribution is 2.42. The molecule has 3 unspecified atom stereocenters. The maximum Gasteiger partial charge on any atom is 0.257 e. The van der Waals surface area contributed by atoms with Gasteiger partial charge >= 0.3 is 0 Å². The number of benzene rings is 2. The Morgan fingerprint density at radius 2 is 2.04 bits per heavy atom. The number of carbonyl (C=O) groups excluding carboxylic acids is 1. The number of carbonyl (C=O) groups is 1. The van der Waals surface area contributed by atoms with E-state index in [1.165, 1.54) is 13.5 Å². The second-order valence-corrected chi connectivity index (χ2v) is 7.10. The Balaban J connectivity index is 1.79. The summed E-state index contributed by atoms with van der Waals surface area (Å²) in [6, 6.07) is 15.3. The zero-order chi connectivity index (χ0) is 18.9. The SMILES string of the molecule is COC1C(=O)Nc2ccc(C=CC3CCCN3)cc2C1(O)c1ccccc1. The minimum absolute atomic E-state index is 0.352. The van der Waals surface area contributed by atoms with Crippen molar-refractivity contribution >= 4 is 17.7 Å². The van der Waals surface area contributed by atoms with Crippen molar-refractivity contribution < 1.29 is 14.6 Å². The number of hydrogen-bond acceptors (Lipinski definition) is 4. The van der Waals surface area contributed by atoms with Crippen molar-refractivity contribution in [1.82, 2.24) is 5.32 Å². The predicted octanol–water partition coefficient (Wildman–Crippen LogP) is 2.65. The molecule has 1 amide bonds. The molecule has 2 aliphatic rings. The van der Waals surface area contributed by atoms with Crippen LogP contribution in [0.15, 0.2) is 54.6 Å². The van der Waals surface area contributed by atoms with E-state index in [1.54, 1.807) is 0 Å². The number of aliphatic hydroxyl groups is 1. The summed E-state index contributed by atoms with van der Waals surface area (Å²) in [7, 11) is 1.44. The van der Waals surface area contributed by atoms with Gasteiger partial charge in [-0.1, -0.05) is 48.6 Å². The minimum atomic E-state index is -1.55. The van der Waals surface area contributed by atoms with Gasteiger partial charge < -0.3 is 20.5 Å². The molecule has 0 radical (unpaired) electrons. The number of rotatable bonds is 4. The number of ether oxygens (including phenoxy) is 1. The summed E-state index contributed by atoms with van der Waals surface area (Å²) in [6.45, 7) is 1.05. The molecule has 27 heavy (non-hydrogen) atoms. The van der Waals surface area contributed by atoms with Crippen molar-refractivity contribution in [3.8, 4) is 0 Å². The Morgan fingerprint density at radius 3 is 2.74 bits per heavy atom. The van der Waals surface area contributed by atoms with Crippen LogP contribution in [-0.4, -0.2) is 36.8 Å². The van der Waals surface area contributed by atoms with Crippen LogP contribution in [0.5, 0.6) is 0 Å². The van der Waals surface area contributed by atoms with Crippen LogP contribution in [0.25, 0.3) is 6.08 Å². The van der Waals surface area contributed by atoms with Crippen molar-refractivity contribution in [2.24, 2.45) is 0 Å². The summed E-state index contributed by atoms with van der Waals surface area (Å²) in [5.74, 6) is -0.352. The average molecular weight is 364 g/mol. The maximum atomic E-state index is 12.5. The van der Waals surface area contributed by atoms with Crippen LogP contribution in [0.4, 0.5) is 5.69 Å². The van der Waals surface area contributed by atoms with Crippen LogP contribution in [0.2, 0.25) is 0 Å². The third kappa shape index (κ3) is 3.18. The van der Waals surface area contributed by atoms with Crippen molar-refractivity contribution in [1.29, 1.82) is 0 Å². The Labute approximate surface area is 159 Å². The smallest absolute Gasteiger partial charge is 0.257 e. The third-order valence-corrected chi connectivity index (χ3v) is 5.40. The molecule has 0 aliphatic carbocycles. The normalized spacial score (nSPS) is 27.6. The zero-order valence-corrected chi connectivity index (χ0v) is 15.3. The highest BCUT2D eigenvalue weighted by atomic mass is 16.5. The molecule has 3 N–H and O–H groups in total. The van der Waals surface area contributed by atoms with Gasteiger partial charge in [0.05, 0.1) is 0 Å². The summed E-state index contributed by atoms with van der Waals surface area (Å²) >= 11 is 0. The van der Waals surface area contributed by atoms with E-state index in [0.717, 1.165) is 18.5 Å². The van der Waals surface area contributed by atoms with Crippen LogP contribution in [0.1, 0.15) is 29.5 Å². The zero-order valence-electron chi connectivity index (χ0n) is 15.3. The van der Waals surface area contributed by atoms with Crippen LogP contribution >= 0.6 is 0 Å². The van der Waals surface area contributed by atoms with Crippen LogP contribution in [0.3, 0.4) is 0 Å². The van der Waals surface area contributed by atoms with Gasteiger partial charge in [-0.2, -0.15) is 0 Å². The highest BCUT2D eigenvalue weighted by Gasteiger charge is 2.49. The fourth-order valence-electron chi connectivity index (χ4n) is 4.00. The fourth-order valence-corrected chi connectivity index (χ4v) is 4.00. The second-order valence-electron chi connectivity index (χ2n) is 7.10. The molecular weight excluding hydrogens is 340 g/mol. The predicted molar refractivity (Wildman–Crippen MR) is 105 cm³/mol. The second kappa shape index (κ2) is 7.27. The lowest BCUT2D eigenvalue weighted by atomic mass is 9.77. The fraction of sp³-hybridized carbons (Fsp3) is 0.318. The molecule has 1 saturated heterocycles. The standard InChI is InChI=1S/C22H24N2O3/c1-27-20-21(25)24-19-12-10-15(9-11-17-8-5-13-23-17)14-18(19)22(20,26)16-6-3-2-4-7-16/h2-4,6-7,9-12,14,17,20,23,26H,5,8,13H2,1H3,(H,24,25). The molecule has 0 spiro atoms. The van der Waals surface area contributed by atoms with Gasteiger partial charge in [0.1, 0.15) is 0 Å². The van der Waals surface area contributed by atoms with Crippen molar-refractivity contribution in [3.05, 3.63) is 71.3 Å². The van der Waals surface area contributed by atoms with Gasteiger partial charge in [0.2, 0.25) is 0 Å². The Kier molecular flexibility index (Phi) is 4.83. The lowest BCUT2D eigenvalue weighted by molar-refractivity contribution is -0.142. The van der Waals surface area contributed by atoms with Gasteiger partial charge in [-0.15, -0.1) is 0 Å². The molecule has 5 nitrogen and oxygen atoms in total. The van der Waals surface area contributed by atoms with E-state index < -0.39 is 11.7 Å². The molecule has 1 fully saturated rings. The number of methoxy groups -OCH3 is 1. The topological polar surface area (TPSA) is 70.6 Å². The molecule has 4 rings (SSSR count). The van der Waals surface area contributed by atoms with Gasteiger partial charge in [-0.25, -0.2) is 0 Å². The lowest BCUT2D eigenvalue weighted by Crippen LogP contribution is -2.52. The van der Waals surface area contributed by atoms with Gasteiger partial charge in [-0.3, -0.25) is 4.79 Å². The summed E-state index contributed by atoms with van der Waals surface area (Å²) in [5.41, 5.74) is 1.30.